The Morgan fingerprint density at radius 1 is 1.03 bits per heavy atom. The lowest BCUT2D eigenvalue weighted by Crippen LogP contribution is -2.48. The third kappa shape index (κ3) is 3.18. The highest BCUT2D eigenvalue weighted by Crippen LogP contribution is 2.33. The largest absolute Gasteiger partial charge is 0.441 e. The van der Waals surface area contributed by atoms with Crippen LogP contribution in [0.3, 0.4) is 0 Å². The first-order valence-electron chi connectivity index (χ1n) is 10.2. The zero-order valence-corrected chi connectivity index (χ0v) is 16.9. The van der Waals surface area contributed by atoms with Crippen molar-refractivity contribution in [3.8, 4) is 11.1 Å². The van der Waals surface area contributed by atoms with E-state index in [0.717, 1.165) is 22.0 Å². The van der Waals surface area contributed by atoms with Gasteiger partial charge in [-0.15, -0.1) is 0 Å². The van der Waals surface area contributed by atoms with E-state index in [1.165, 1.54) is 0 Å². The first kappa shape index (κ1) is 18.6. The fourth-order valence-electron chi connectivity index (χ4n) is 4.48. The number of pyridine rings is 1. The van der Waals surface area contributed by atoms with Crippen LogP contribution >= 0.6 is 0 Å². The van der Waals surface area contributed by atoms with E-state index in [-0.39, 0.29) is 12.0 Å². The van der Waals surface area contributed by atoms with Crippen LogP contribution in [0.1, 0.15) is 23.2 Å². The second-order valence-corrected chi connectivity index (χ2v) is 8.16. The number of nitrogens with zero attached hydrogens (tertiary/aromatic N) is 3. The number of para-hydroxylation sites is 1. The summed E-state index contributed by atoms with van der Waals surface area (Å²) in [5, 5.41) is 1.09. The number of rotatable bonds is 2. The van der Waals surface area contributed by atoms with Crippen molar-refractivity contribution < 1.29 is 14.3 Å². The third-order valence-electron chi connectivity index (χ3n) is 6.18. The van der Waals surface area contributed by atoms with Gasteiger partial charge in [-0.2, -0.15) is 0 Å². The van der Waals surface area contributed by atoms with Crippen molar-refractivity contribution in [2.75, 3.05) is 26.7 Å². The van der Waals surface area contributed by atoms with Crippen molar-refractivity contribution >= 4 is 22.9 Å². The highest BCUT2D eigenvalue weighted by Gasteiger charge is 2.46. The van der Waals surface area contributed by atoms with Gasteiger partial charge in [-0.25, -0.2) is 4.79 Å². The number of carbonyl (C=O) groups excluding carboxylic acids is 2. The van der Waals surface area contributed by atoms with E-state index in [9.17, 15) is 9.59 Å². The summed E-state index contributed by atoms with van der Waals surface area (Å²) in [6.07, 6.45) is 2.88. The van der Waals surface area contributed by atoms with E-state index in [1.54, 1.807) is 18.1 Å². The molecule has 2 aliphatic rings. The molecule has 0 atom stereocenters. The van der Waals surface area contributed by atoms with E-state index in [0.29, 0.717) is 38.0 Å². The number of hydrogen-bond acceptors (Lipinski definition) is 4. The topological polar surface area (TPSA) is 62.7 Å². The number of likely N-dealkylation sites (tertiary alicyclic amines) is 1. The number of benzene rings is 2. The van der Waals surface area contributed by atoms with Gasteiger partial charge in [0.1, 0.15) is 5.60 Å². The molecule has 0 saturated carbocycles. The SMILES string of the molecule is CN1CC2(CCN(C(=O)c3ccc(-c4cccc5cccnc45)cc3)CC2)OC1=O. The maximum absolute atomic E-state index is 13.0. The standard InChI is InChI=1S/C24H23N3O3/c1-26-16-24(30-23(26)29)11-14-27(15-12-24)22(28)19-9-7-17(8-10-19)20-6-2-4-18-5-3-13-25-21(18)20/h2-10,13H,11-12,14-16H2,1H3. The quantitative estimate of drug-likeness (QED) is 0.652. The van der Waals surface area contributed by atoms with Crippen LogP contribution in [0.5, 0.6) is 0 Å². The molecule has 1 spiro atoms. The van der Waals surface area contributed by atoms with Crippen LogP contribution in [0.15, 0.2) is 60.8 Å². The van der Waals surface area contributed by atoms with Crippen LogP contribution in [0.25, 0.3) is 22.0 Å². The van der Waals surface area contributed by atoms with Gasteiger partial charge in [-0.05, 0) is 23.8 Å². The van der Waals surface area contributed by atoms with E-state index >= 15 is 0 Å². The summed E-state index contributed by atoms with van der Waals surface area (Å²) in [6.45, 7) is 1.78. The predicted octanol–water partition coefficient (Wildman–Crippen LogP) is 3.96. The maximum atomic E-state index is 13.0. The van der Waals surface area contributed by atoms with Crippen molar-refractivity contribution in [2.45, 2.75) is 18.4 Å². The number of amides is 2. The van der Waals surface area contributed by atoms with Gasteiger partial charge in [0.15, 0.2) is 0 Å². The molecule has 1 aromatic heterocycles. The fraction of sp³-hybridized carbons (Fsp3) is 0.292. The molecule has 2 saturated heterocycles. The molecule has 0 unspecified atom stereocenters. The molecule has 0 N–H and O–H groups in total. The van der Waals surface area contributed by atoms with Crippen molar-refractivity contribution in [3.05, 3.63) is 66.4 Å². The summed E-state index contributed by atoms with van der Waals surface area (Å²) in [4.78, 5) is 32.7. The Balaban J connectivity index is 1.31. The summed E-state index contributed by atoms with van der Waals surface area (Å²) in [5.41, 5.74) is 3.28. The molecular weight excluding hydrogens is 378 g/mol. The van der Waals surface area contributed by atoms with Crippen molar-refractivity contribution in [3.63, 3.8) is 0 Å². The Bertz CT molecular complexity index is 1110. The molecule has 5 rings (SSSR count). The lowest BCUT2D eigenvalue weighted by Gasteiger charge is -2.37. The van der Waals surface area contributed by atoms with Gasteiger partial charge in [0, 0.05) is 55.7 Å². The van der Waals surface area contributed by atoms with Crippen LogP contribution in [0.2, 0.25) is 0 Å². The zero-order valence-electron chi connectivity index (χ0n) is 16.9. The number of piperidine rings is 1. The normalized spacial score (nSPS) is 18.1. The molecule has 152 valence electrons. The van der Waals surface area contributed by atoms with E-state index in [4.69, 9.17) is 4.74 Å². The Morgan fingerprint density at radius 2 is 1.77 bits per heavy atom. The molecule has 30 heavy (non-hydrogen) atoms. The van der Waals surface area contributed by atoms with Crippen molar-refractivity contribution in [1.82, 2.24) is 14.8 Å². The first-order valence-corrected chi connectivity index (χ1v) is 10.2. The van der Waals surface area contributed by atoms with Crippen LogP contribution in [-0.4, -0.2) is 59.1 Å². The van der Waals surface area contributed by atoms with E-state index < -0.39 is 5.60 Å². The number of carbonyl (C=O) groups is 2. The molecule has 3 heterocycles. The molecule has 0 aliphatic carbocycles. The van der Waals surface area contributed by atoms with Gasteiger partial charge in [0.25, 0.3) is 5.91 Å². The molecular formula is C24H23N3O3. The Hall–Kier alpha value is -3.41. The molecule has 2 fully saturated rings. The predicted molar refractivity (Wildman–Crippen MR) is 114 cm³/mol. The molecule has 2 aromatic carbocycles. The van der Waals surface area contributed by atoms with Gasteiger partial charge >= 0.3 is 6.09 Å². The minimum Gasteiger partial charge on any atom is -0.441 e. The summed E-state index contributed by atoms with van der Waals surface area (Å²) in [6, 6.07) is 17.8. The lowest BCUT2D eigenvalue weighted by atomic mass is 9.91. The number of likely N-dealkylation sites (N-methyl/N-ethyl adjacent to an activating group) is 1. The van der Waals surface area contributed by atoms with Crippen LogP contribution in [-0.2, 0) is 4.74 Å². The number of aromatic nitrogens is 1. The Labute approximate surface area is 175 Å². The van der Waals surface area contributed by atoms with Gasteiger partial charge in [-0.3, -0.25) is 9.78 Å². The zero-order chi connectivity index (χ0) is 20.7. The van der Waals surface area contributed by atoms with Crippen molar-refractivity contribution in [1.29, 1.82) is 0 Å². The molecule has 2 amide bonds. The minimum atomic E-state index is -0.437. The number of hydrogen-bond donors (Lipinski definition) is 0. The van der Waals surface area contributed by atoms with Crippen molar-refractivity contribution in [2.24, 2.45) is 0 Å². The lowest BCUT2D eigenvalue weighted by molar-refractivity contribution is 0.00317. The van der Waals surface area contributed by atoms with Crippen LogP contribution < -0.4 is 0 Å². The average molecular weight is 401 g/mol. The first-order chi connectivity index (χ1) is 14.5. The van der Waals surface area contributed by atoms with Gasteiger partial charge in [0.2, 0.25) is 0 Å². The second kappa shape index (κ2) is 7.13. The molecule has 6 heteroatoms. The number of ether oxygens (including phenoxy) is 1. The monoisotopic (exact) mass is 401 g/mol. The Kier molecular flexibility index (Phi) is 4.42. The van der Waals surface area contributed by atoms with Gasteiger partial charge in [-0.1, -0.05) is 36.4 Å². The molecule has 0 radical (unpaired) electrons. The highest BCUT2D eigenvalue weighted by atomic mass is 16.6. The summed E-state index contributed by atoms with van der Waals surface area (Å²) < 4.78 is 5.58. The number of fused-ring (bicyclic) bond motifs is 1. The maximum Gasteiger partial charge on any atom is 0.410 e. The molecule has 0 bridgehead atoms. The van der Waals surface area contributed by atoms with E-state index in [1.807, 2.05) is 53.4 Å². The minimum absolute atomic E-state index is 0.0186. The Morgan fingerprint density at radius 3 is 2.47 bits per heavy atom. The van der Waals surface area contributed by atoms with E-state index in [2.05, 4.69) is 11.1 Å². The van der Waals surface area contributed by atoms with Crippen LogP contribution in [0.4, 0.5) is 4.79 Å². The summed E-state index contributed by atoms with van der Waals surface area (Å²) in [7, 11) is 1.75. The smallest absolute Gasteiger partial charge is 0.410 e. The average Bonchev–Trinajstić information content (AvgIpc) is 3.06. The van der Waals surface area contributed by atoms with Gasteiger partial charge < -0.3 is 14.5 Å². The summed E-state index contributed by atoms with van der Waals surface area (Å²) >= 11 is 0. The summed E-state index contributed by atoms with van der Waals surface area (Å²) in [5.74, 6) is 0.0186. The van der Waals surface area contributed by atoms with Crippen LogP contribution in [0, 0.1) is 0 Å². The molecule has 3 aromatic rings. The highest BCUT2D eigenvalue weighted by molar-refractivity contribution is 5.97. The molecule has 2 aliphatic heterocycles. The third-order valence-corrected chi connectivity index (χ3v) is 6.18. The fourth-order valence-corrected chi connectivity index (χ4v) is 4.48. The van der Waals surface area contributed by atoms with Gasteiger partial charge in [0.05, 0.1) is 12.1 Å². The molecule has 6 nitrogen and oxygen atoms in total. The second-order valence-electron chi connectivity index (χ2n) is 8.16.